The number of ketones is 1. The van der Waals surface area contributed by atoms with E-state index in [0.29, 0.717) is 0 Å². The summed E-state index contributed by atoms with van der Waals surface area (Å²) in [6.45, 7) is 22.2. The van der Waals surface area contributed by atoms with Gasteiger partial charge in [-0.3, -0.25) is 4.79 Å². The lowest BCUT2D eigenvalue weighted by Gasteiger charge is -2.43. The van der Waals surface area contributed by atoms with E-state index in [4.69, 9.17) is 23.5 Å². The number of rotatable bonds is 7. The maximum Gasteiger partial charge on any atom is 0.292 e. The Balaban J connectivity index is 2.16. The van der Waals surface area contributed by atoms with Crippen LogP contribution in [-0.2, 0) is 27.9 Å². The summed E-state index contributed by atoms with van der Waals surface area (Å²) in [5.41, 5.74) is 4.90. The number of hydrogen-bond donors (Lipinski definition) is 1. The van der Waals surface area contributed by atoms with E-state index in [-0.39, 0.29) is 33.9 Å². The summed E-state index contributed by atoms with van der Waals surface area (Å²) < 4.78 is 52.4. The average molecular weight is 575 g/mol. The molecule has 210 valence electrons. The first-order valence-electron chi connectivity index (χ1n) is 12.4. The van der Waals surface area contributed by atoms with Gasteiger partial charge in [-0.2, -0.15) is 8.42 Å². The SMILES string of the molecule is CC(=O)c1cn([C@@H]2OC(CO[Si](C)(C)C(C)(C)C)C3(OS(=O)(=O)C=C3N)[C@H]2O[Si](C)(C)C(C)(C)C)nn1. The van der Waals surface area contributed by atoms with Gasteiger partial charge in [-0.1, -0.05) is 46.8 Å². The van der Waals surface area contributed by atoms with Crippen molar-refractivity contribution in [3.63, 3.8) is 0 Å². The van der Waals surface area contributed by atoms with Crippen molar-refractivity contribution in [2.24, 2.45) is 5.73 Å². The van der Waals surface area contributed by atoms with Crippen molar-refractivity contribution < 1.29 is 31.0 Å². The molecule has 0 aromatic carbocycles. The van der Waals surface area contributed by atoms with Crippen molar-refractivity contribution >= 4 is 32.5 Å². The fourth-order valence-corrected chi connectivity index (χ4v) is 7.27. The van der Waals surface area contributed by atoms with Gasteiger partial charge in [0.15, 0.2) is 34.2 Å². The molecule has 4 atom stereocenters. The zero-order valence-electron chi connectivity index (χ0n) is 23.8. The smallest absolute Gasteiger partial charge is 0.292 e. The highest BCUT2D eigenvalue weighted by molar-refractivity contribution is 7.90. The second kappa shape index (κ2) is 9.35. The highest BCUT2D eigenvalue weighted by atomic mass is 32.2. The zero-order valence-corrected chi connectivity index (χ0v) is 26.6. The summed E-state index contributed by atoms with van der Waals surface area (Å²) in [4.78, 5) is 11.9. The molecule has 37 heavy (non-hydrogen) atoms. The molecule has 1 saturated heterocycles. The van der Waals surface area contributed by atoms with E-state index < -0.39 is 50.8 Å². The van der Waals surface area contributed by atoms with Crippen LogP contribution in [0, 0.1) is 0 Å². The number of carbonyl (C=O) groups excluding carboxylic acids is 1. The van der Waals surface area contributed by atoms with Crippen LogP contribution >= 0.6 is 0 Å². The molecule has 1 fully saturated rings. The Morgan fingerprint density at radius 1 is 1.14 bits per heavy atom. The Morgan fingerprint density at radius 3 is 2.14 bits per heavy atom. The van der Waals surface area contributed by atoms with Gasteiger partial charge in [-0.15, -0.1) is 5.10 Å². The van der Waals surface area contributed by atoms with Gasteiger partial charge in [0, 0.05) is 6.92 Å². The van der Waals surface area contributed by atoms with Gasteiger partial charge in [0.25, 0.3) is 10.1 Å². The lowest BCUT2D eigenvalue weighted by molar-refractivity contribution is -0.0595. The first kappa shape index (κ1) is 30.1. The molecule has 2 unspecified atom stereocenters. The molecule has 0 amide bonds. The lowest BCUT2D eigenvalue weighted by Crippen LogP contribution is -2.59. The number of hydrogen-bond acceptors (Lipinski definition) is 10. The molecule has 2 aliphatic heterocycles. The maximum atomic E-state index is 12.8. The summed E-state index contributed by atoms with van der Waals surface area (Å²) in [5, 5.41) is 8.67. The summed E-state index contributed by atoms with van der Waals surface area (Å²) in [6.07, 6.45) is -1.44. The highest BCUT2D eigenvalue weighted by Crippen LogP contribution is 2.52. The summed E-state index contributed by atoms with van der Waals surface area (Å²) in [5.74, 6) is -0.266. The molecule has 3 heterocycles. The summed E-state index contributed by atoms with van der Waals surface area (Å²) >= 11 is 0. The fourth-order valence-electron chi connectivity index (χ4n) is 3.77. The van der Waals surface area contributed by atoms with Crippen molar-refractivity contribution in [1.82, 2.24) is 15.0 Å². The summed E-state index contributed by atoms with van der Waals surface area (Å²) in [6, 6.07) is 0. The van der Waals surface area contributed by atoms with E-state index in [9.17, 15) is 13.2 Å². The zero-order chi connectivity index (χ0) is 28.4. The molecule has 1 spiro atoms. The molecule has 3 rings (SSSR count). The molecule has 11 nitrogen and oxygen atoms in total. The number of carbonyl (C=O) groups is 1. The number of aromatic nitrogens is 3. The molecular formula is C23H42N4O7SSi2. The van der Waals surface area contributed by atoms with E-state index in [0.717, 1.165) is 5.41 Å². The Morgan fingerprint density at radius 2 is 1.70 bits per heavy atom. The first-order chi connectivity index (χ1) is 16.5. The van der Waals surface area contributed by atoms with Gasteiger partial charge in [-0.25, -0.2) is 8.86 Å². The average Bonchev–Trinajstić information content (AvgIpc) is 3.35. The second-order valence-electron chi connectivity index (χ2n) is 13.0. The van der Waals surface area contributed by atoms with Crippen molar-refractivity contribution in [2.75, 3.05) is 6.61 Å². The molecule has 2 N–H and O–H groups in total. The van der Waals surface area contributed by atoms with Gasteiger partial charge >= 0.3 is 0 Å². The Kier molecular flexibility index (Phi) is 7.61. The Bertz CT molecular complexity index is 1180. The Hall–Kier alpha value is -1.43. The van der Waals surface area contributed by atoms with Crippen LogP contribution in [0.1, 0.15) is 65.2 Å². The number of ether oxygens (including phenoxy) is 1. The number of nitrogens with zero attached hydrogens (tertiary/aromatic N) is 3. The third-order valence-electron chi connectivity index (χ3n) is 8.20. The predicted molar refractivity (Wildman–Crippen MR) is 144 cm³/mol. The molecule has 14 heteroatoms. The van der Waals surface area contributed by atoms with Gasteiger partial charge in [-0.05, 0) is 36.3 Å². The monoisotopic (exact) mass is 574 g/mol. The van der Waals surface area contributed by atoms with Crippen LogP contribution in [0.5, 0.6) is 0 Å². The molecular weight excluding hydrogens is 533 g/mol. The van der Waals surface area contributed by atoms with E-state index in [1.165, 1.54) is 17.8 Å². The Labute approximate surface area is 222 Å². The normalized spacial score (nSPS) is 28.6. The second-order valence-corrected chi connectivity index (χ2v) is 23.9. The number of Topliss-reactive ketones (excluding diaryl/α,β-unsaturated/α-hetero) is 1. The van der Waals surface area contributed by atoms with Crippen LogP contribution in [0.3, 0.4) is 0 Å². The minimum Gasteiger partial charge on any atom is -0.414 e. The third-order valence-corrected chi connectivity index (χ3v) is 18.2. The quantitative estimate of drug-likeness (QED) is 0.291. The molecule has 2 aliphatic rings. The standard InChI is InChI=1S/C23H42N4O7SSi2/c1-15(28)16-12-27(26-25-16)20-19(33-37(10,11)22(5,6)7)23(17(24)14-35(29,30)34-23)18(32-20)13-31-36(8,9)21(2,3)4/h12,14,18-20H,13,24H2,1-11H3/t18?,19-,20+,23?/m0/s1. The third kappa shape index (κ3) is 5.51. The van der Waals surface area contributed by atoms with Gasteiger partial charge in [0.1, 0.15) is 17.9 Å². The minimum atomic E-state index is -4.12. The lowest BCUT2D eigenvalue weighted by atomic mass is 9.89. The highest BCUT2D eigenvalue weighted by Gasteiger charge is 2.67. The van der Waals surface area contributed by atoms with Gasteiger partial charge in [0.05, 0.1) is 23.9 Å². The molecule has 1 aromatic heterocycles. The van der Waals surface area contributed by atoms with E-state index >= 15 is 0 Å². The van der Waals surface area contributed by atoms with Gasteiger partial charge in [0.2, 0.25) is 0 Å². The minimum absolute atomic E-state index is 0.0190. The van der Waals surface area contributed by atoms with Crippen LogP contribution in [0.25, 0.3) is 0 Å². The van der Waals surface area contributed by atoms with E-state index in [1.807, 2.05) is 13.1 Å². The largest absolute Gasteiger partial charge is 0.414 e. The molecule has 0 saturated carbocycles. The van der Waals surface area contributed by atoms with Gasteiger partial charge < -0.3 is 19.3 Å². The summed E-state index contributed by atoms with van der Waals surface area (Å²) in [7, 11) is -8.93. The fraction of sp³-hybridized carbons (Fsp3) is 0.783. The van der Waals surface area contributed by atoms with Crippen LogP contribution in [0.15, 0.2) is 17.3 Å². The maximum absolute atomic E-state index is 12.8. The van der Waals surface area contributed by atoms with Crippen molar-refractivity contribution in [2.45, 2.75) is 109 Å². The molecule has 0 aliphatic carbocycles. The van der Waals surface area contributed by atoms with Crippen molar-refractivity contribution in [3.05, 3.63) is 23.0 Å². The van der Waals surface area contributed by atoms with Crippen molar-refractivity contribution in [3.8, 4) is 0 Å². The first-order valence-corrected chi connectivity index (χ1v) is 19.7. The van der Waals surface area contributed by atoms with Crippen LogP contribution in [0.2, 0.25) is 36.3 Å². The molecule has 1 aromatic rings. The van der Waals surface area contributed by atoms with Crippen LogP contribution in [0.4, 0.5) is 0 Å². The molecule has 0 radical (unpaired) electrons. The predicted octanol–water partition coefficient (Wildman–Crippen LogP) is 3.69. The topological polar surface area (TPSA) is 145 Å². The van der Waals surface area contributed by atoms with Crippen LogP contribution in [-0.4, -0.2) is 70.2 Å². The van der Waals surface area contributed by atoms with E-state index in [1.54, 1.807) is 0 Å². The van der Waals surface area contributed by atoms with E-state index in [2.05, 4.69) is 64.9 Å². The molecule has 0 bridgehead atoms. The number of nitrogens with two attached hydrogens (primary N) is 1. The van der Waals surface area contributed by atoms with Crippen molar-refractivity contribution in [1.29, 1.82) is 0 Å². The van der Waals surface area contributed by atoms with Crippen LogP contribution < -0.4 is 5.73 Å².